The number of ether oxygens (including phenoxy) is 1. The van der Waals surface area contributed by atoms with Crippen molar-refractivity contribution in [3.05, 3.63) is 48.2 Å². The van der Waals surface area contributed by atoms with Gasteiger partial charge in [-0.15, -0.1) is 11.3 Å². The molecule has 8 nitrogen and oxygen atoms in total. The molecule has 0 radical (unpaired) electrons. The normalized spacial score (nSPS) is 15.2. The molecule has 3 aromatic rings. The summed E-state index contributed by atoms with van der Waals surface area (Å²) in [5, 5.41) is 3.85. The zero-order valence-corrected chi connectivity index (χ0v) is 19.9. The van der Waals surface area contributed by atoms with Crippen molar-refractivity contribution in [2.45, 2.75) is 17.6 Å². The molecule has 1 saturated heterocycles. The van der Waals surface area contributed by atoms with E-state index >= 15 is 0 Å². The van der Waals surface area contributed by atoms with E-state index in [9.17, 15) is 8.42 Å². The van der Waals surface area contributed by atoms with Crippen molar-refractivity contribution >= 4 is 27.0 Å². The lowest BCUT2D eigenvalue weighted by Gasteiger charge is -2.36. The topological polar surface area (TPSA) is 87.9 Å². The lowest BCUT2D eigenvalue weighted by Crippen LogP contribution is -2.47. The number of aromatic nitrogens is 1. The maximum atomic E-state index is 12.6. The monoisotopic (exact) mass is 476 g/mol. The molecule has 4 rings (SSSR count). The number of para-hydroxylation sites is 2. The predicted molar refractivity (Wildman–Crippen MR) is 126 cm³/mol. The number of rotatable bonds is 9. The average Bonchev–Trinajstić information content (AvgIpc) is 3.47. The van der Waals surface area contributed by atoms with Crippen LogP contribution in [-0.4, -0.2) is 64.9 Å². The standard InChI is InChI=1S/C22H28N4O4S2/c1-17-16-20(30-24-17)21-8-9-22(31-21)32(27,28)23-10-5-11-25-12-14-26(15-13-25)18-6-3-4-7-19(18)29-2/h3-4,6-9,16,23H,5,10-15H2,1-2H3. The number of hydrogen-bond donors (Lipinski definition) is 1. The lowest BCUT2D eigenvalue weighted by atomic mass is 10.2. The summed E-state index contributed by atoms with van der Waals surface area (Å²) in [6, 6.07) is 13.2. The zero-order chi connectivity index (χ0) is 22.6. The van der Waals surface area contributed by atoms with Crippen molar-refractivity contribution < 1.29 is 17.7 Å². The highest BCUT2D eigenvalue weighted by molar-refractivity contribution is 7.91. The van der Waals surface area contributed by atoms with Crippen molar-refractivity contribution in [1.29, 1.82) is 0 Å². The SMILES string of the molecule is COc1ccccc1N1CCN(CCCNS(=O)(=O)c2ccc(-c3cc(C)no3)s2)CC1. The number of anilines is 1. The van der Waals surface area contributed by atoms with E-state index in [1.54, 1.807) is 25.3 Å². The Labute approximate surface area is 192 Å². The van der Waals surface area contributed by atoms with Gasteiger partial charge in [0.05, 0.1) is 23.4 Å². The van der Waals surface area contributed by atoms with Gasteiger partial charge >= 0.3 is 0 Å². The van der Waals surface area contributed by atoms with Crippen LogP contribution >= 0.6 is 11.3 Å². The fourth-order valence-corrected chi connectivity index (χ4v) is 6.13. The van der Waals surface area contributed by atoms with E-state index < -0.39 is 10.0 Å². The van der Waals surface area contributed by atoms with Gasteiger partial charge in [-0.3, -0.25) is 4.90 Å². The average molecular weight is 477 g/mol. The summed E-state index contributed by atoms with van der Waals surface area (Å²) >= 11 is 1.18. The number of nitrogens with zero attached hydrogens (tertiary/aromatic N) is 3. The molecule has 0 amide bonds. The molecule has 0 saturated carbocycles. The minimum Gasteiger partial charge on any atom is -0.495 e. The predicted octanol–water partition coefficient (Wildman–Crippen LogP) is 3.21. The largest absolute Gasteiger partial charge is 0.495 e. The number of aryl methyl sites for hydroxylation is 1. The van der Waals surface area contributed by atoms with Crippen LogP contribution in [0, 0.1) is 6.92 Å². The Bertz CT molecular complexity index is 1130. The molecular weight excluding hydrogens is 448 g/mol. The highest BCUT2D eigenvalue weighted by Crippen LogP contribution is 2.31. The van der Waals surface area contributed by atoms with Gasteiger partial charge in [-0.1, -0.05) is 17.3 Å². The minimum atomic E-state index is -3.53. The van der Waals surface area contributed by atoms with Gasteiger partial charge in [0.2, 0.25) is 10.0 Å². The summed E-state index contributed by atoms with van der Waals surface area (Å²) in [5.41, 5.74) is 1.89. The van der Waals surface area contributed by atoms with Crippen LogP contribution in [0.3, 0.4) is 0 Å². The molecule has 10 heteroatoms. The van der Waals surface area contributed by atoms with Crippen LogP contribution in [0.15, 0.2) is 51.2 Å². The van der Waals surface area contributed by atoms with E-state index in [0.717, 1.165) is 61.2 Å². The van der Waals surface area contributed by atoms with E-state index in [0.29, 0.717) is 12.3 Å². The molecule has 1 fully saturated rings. The smallest absolute Gasteiger partial charge is 0.250 e. The molecule has 1 aromatic carbocycles. The molecule has 1 N–H and O–H groups in total. The van der Waals surface area contributed by atoms with E-state index in [4.69, 9.17) is 9.26 Å². The maximum Gasteiger partial charge on any atom is 0.250 e. The number of methoxy groups -OCH3 is 1. The molecule has 2 aromatic heterocycles. The Kier molecular flexibility index (Phi) is 7.14. The number of benzene rings is 1. The van der Waals surface area contributed by atoms with E-state index in [2.05, 4.69) is 25.7 Å². The number of thiophene rings is 1. The van der Waals surface area contributed by atoms with Crippen molar-refractivity contribution in [3.8, 4) is 16.4 Å². The highest BCUT2D eigenvalue weighted by atomic mass is 32.2. The Balaban J connectivity index is 1.22. The molecule has 3 heterocycles. The fraction of sp³-hybridized carbons (Fsp3) is 0.409. The van der Waals surface area contributed by atoms with Crippen LogP contribution in [0.2, 0.25) is 0 Å². The van der Waals surface area contributed by atoms with Gasteiger partial charge < -0.3 is 14.2 Å². The van der Waals surface area contributed by atoms with E-state index in [1.807, 2.05) is 25.1 Å². The van der Waals surface area contributed by atoms with Gasteiger partial charge in [0.25, 0.3) is 0 Å². The minimum absolute atomic E-state index is 0.284. The molecule has 0 aliphatic carbocycles. The number of sulfonamides is 1. The van der Waals surface area contributed by atoms with Crippen LogP contribution < -0.4 is 14.4 Å². The fourth-order valence-electron chi connectivity index (χ4n) is 3.76. The molecule has 0 bridgehead atoms. The molecule has 1 aliphatic heterocycles. The molecule has 172 valence electrons. The van der Waals surface area contributed by atoms with Crippen LogP contribution in [0.25, 0.3) is 10.6 Å². The van der Waals surface area contributed by atoms with Crippen molar-refractivity contribution in [2.75, 3.05) is 51.3 Å². The summed E-state index contributed by atoms with van der Waals surface area (Å²) in [7, 11) is -1.83. The molecule has 0 spiro atoms. The van der Waals surface area contributed by atoms with Gasteiger partial charge in [-0.05, 0) is 44.2 Å². The second-order valence-corrected chi connectivity index (χ2v) is 10.8. The quantitative estimate of drug-likeness (QED) is 0.475. The molecular formula is C22H28N4O4S2. The molecule has 1 aliphatic rings. The Morgan fingerprint density at radius 3 is 2.66 bits per heavy atom. The first-order valence-electron chi connectivity index (χ1n) is 10.6. The van der Waals surface area contributed by atoms with Crippen molar-refractivity contribution in [3.63, 3.8) is 0 Å². The Morgan fingerprint density at radius 2 is 1.94 bits per heavy atom. The van der Waals surface area contributed by atoms with E-state index in [-0.39, 0.29) is 4.21 Å². The lowest BCUT2D eigenvalue weighted by molar-refractivity contribution is 0.255. The molecule has 0 atom stereocenters. The summed E-state index contributed by atoms with van der Waals surface area (Å²) < 4.78 is 38.9. The second-order valence-electron chi connectivity index (χ2n) is 7.70. The van der Waals surface area contributed by atoms with Gasteiger partial charge in [0.1, 0.15) is 9.96 Å². The summed E-state index contributed by atoms with van der Waals surface area (Å²) in [6.07, 6.45) is 0.757. The summed E-state index contributed by atoms with van der Waals surface area (Å²) in [6.45, 7) is 6.82. The first-order chi connectivity index (χ1) is 15.5. The van der Waals surface area contributed by atoms with Crippen LogP contribution in [-0.2, 0) is 10.0 Å². The van der Waals surface area contributed by atoms with E-state index in [1.165, 1.54) is 11.3 Å². The van der Waals surface area contributed by atoms with Crippen molar-refractivity contribution in [2.24, 2.45) is 0 Å². The third-order valence-electron chi connectivity index (χ3n) is 5.46. The third-order valence-corrected chi connectivity index (χ3v) is 8.51. The van der Waals surface area contributed by atoms with Gasteiger partial charge in [-0.2, -0.15) is 0 Å². The third kappa shape index (κ3) is 5.32. The van der Waals surface area contributed by atoms with Crippen molar-refractivity contribution in [1.82, 2.24) is 14.8 Å². The first-order valence-corrected chi connectivity index (χ1v) is 12.9. The molecule has 32 heavy (non-hydrogen) atoms. The van der Waals surface area contributed by atoms with Gasteiger partial charge in [0.15, 0.2) is 5.76 Å². The maximum absolute atomic E-state index is 12.6. The molecule has 0 unspecified atom stereocenters. The first kappa shape index (κ1) is 22.8. The summed E-state index contributed by atoms with van der Waals surface area (Å²) in [4.78, 5) is 5.46. The Morgan fingerprint density at radius 1 is 1.16 bits per heavy atom. The van der Waals surface area contributed by atoms with Crippen LogP contribution in [0.1, 0.15) is 12.1 Å². The second kappa shape index (κ2) is 10.0. The number of nitrogens with one attached hydrogen (secondary N) is 1. The zero-order valence-electron chi connectivity index (χ0n) is 18.3. The van der Waals surface area contributed by atoms with Gasteiger partial charge in [-0.25, -0.2) is 13.1 Å². The van der Waals surface area contributed by atoms with Gasteiger partial charge in [0, 0.05) is 38.8 Å². The Hall–Kier alpha value is -2.40. The van der Waals surface area contributed by atoms with Crippen LogP contribution in [0.5, 0.6) is 5.75 Å². The summed E-state index contributed by atoms with van der Waals surface area (Å²) in [5.74, 6) is 1.48. The highest BCUT2D eigenvalue weighted by Gasteiger charge is 2.21. The number of piperazine rings is 1. The van der Waals surface area contributed by atoms with Crippen LogP contribution in [0.4, 0.5) is 5.69 Å². The number of hydrogen-bond acceptors (Lipinski definition) is 8.